The van der Waals surface area contributed by atoms with E-state index in [4.69, 9.17) is 4.74 Å². The second kappa shape index (κ2) is 5.60. The predicted octanol–water partition coefficient (Wildman–Crippen LogP) is 0.109. The van der Waals surface area contributed by atoms with E-state index in [1.807, 2.05) is 13.0 Å². The summed E-state index contributed by atoms with van der Waals surface area (Å²) in [4.78, 5) is 34.6. The Morgan fingerprint density at radius 2 is 1.95 bits per heavy atom. The predicted molar refractivity (Wildman–Crippen MR) is 70.8 cm³/mol. The number of anilines is 1. The molecule has 2 rings (SSSR count). The van der Waals surface area contributed by atoms with Crippen molar-refractivity contribution in [3.63, 3.8) is 0 Å². The van der Waals surface area contributed by atoms with Gasteiger partial charge in [0, 0.05) is 6.42 Å². The number of hydrazine groups is 1. The molecule has 1 aromatic carbocycles. The van der Waals surface area contributed by atoms with Gasteiger partial charge < -0.3 is 10.1 Å². The number of methoxy groups -OCH3 is 1. The Hall–Kier alpha value is -2.57. The molecule has 1 aliphatic rings. The zero-order chi connectivity index (χ0) is 14.7. The Kier molecular flexibility index (Phi) is 3.88. The third-order valence-electron chi connectivity index (χ3n) is 2.96. The SMILES string of the molecule is COc1ccc(C)cc1NC(=O)CC1C(=O)NNC1=O. The van der Waals surface area contributed by atoms with Crippen LogP contribution >= 0.6 is 0 Å². The summed E-state index contributed by atoms with van der Waals surface area (Å²) < 4.78 is 5.14. The standard InChI is InChI=1S/C13H15N3O4/c1-7-3-4-10(20-2)9(5-7)14-11(17)6-8-12(18)15-16-13(8)19/h3-5,8H,6H2,1-2H3,(H,14,17)(H,15,18)(H,16,19). The largest absolute Gasteiger partial charge is 0.495 e. The van der Waals surface area contributed by atoms with E-state index in [9.17, 15) is 14.4 Å². The fraction of sp³-hybridized carbons (Fsp3) is 0.308. The molecule has 7 nitrogen and oxygen atoms in total. The second-order valence-electron chi connectivity index (χ2n) is 4.49. The molecule has 3 N–H and O–H groups in total. The third-order valence-corrected chi connectivity index (χ3v) is 2.96. The molecule has 0 atom stereocenters. The van der Waals surface area contributed by atoms with Crippen LogP contribution in [0.5, 0.6) is 5.75 Å². The van der Waals surface area contributed by atoms with E-state index in [0.29, 0.717) is 11.4 Å². The number of amides is 3. The van der Waals surface area contributed by atoms with Crippen LogP contribution in [0.25, 0.3) is 0 Å². The number of benzene rings is 1. The van der Waals surface area contributed by atoms with Crippen LogP contribution in [0.1, 0.15) is 12.0 Å². The Morgan fingerprint density at radius 3 is 2.55 bits per heavy atom. The van der Waals surface area contributed by atoms with E-state index >= 15 is 0 Å². The average Bonchev–Trinajstić information content (AvgIpc) is 2.71. The van der Waals surface area contributed by atoms with Gasteiger partial charge >= 0.3 is 0 Å². The zero-order valence-corrected chi connectivity index (χ0v) is 11.1. The number of hydrogen-bond acceptors (Lipinski definition) is 4. The Bertz CT molecular complexity index is 555. The highest BCUT2D eigenvalue weighted by molar-refractivity contribution is 6.09. The van der Waals surface area contributed by atoms with Crippen LogP contribution in [0, 0.1) is 12.8 Å². The molecule has 1 heterocycles. The van der Waals surface area contributed by atoms with Crippen LogP contribution in [0.4, 0.5) is 5.69 Å². The Balaban J connectivity index is 2.06. The maximum atomic E-state index is 11.9. The van der Waals surface area contributed by atoms with E-state index in [1.165, 1.54) is 7.11 Å². The number of ether oxygens (including phenoxy) is 1. The third kappa shape index (κ3) is 2.87. The molecule has 0 radical (unpaired) electrons. The molecule has 0 unspecified atom stereocenters. The lowest BCUT2D eigenvalue weighted by Crippen LogP contribution is -2.28. The summed E-state index contributed by atoms with van der Waals surface area (Å²) >= 11 is 0. The molecule has 0 aliphatic carbocycles. The molecule has 0 bridgehead atoms. The van der Waals surface area contributed by atoms with Gasteiger partial charge in [-0.1, -0.05) is 6.07 Å². The summed E-state index contributed by atoms with van der Waals surface area (Å²) in [5, 5.41) is 2.65. The first-order valence-corrected chi connectivity index (χ1v) is 6.05. The monoisotopic (exact) mass is 277 g/mol. The van der Waals surface area contributed by atoms with Gasteiger partial charge in [0.25, 0.3) is 11.8 Å². The molecule has 7 heteroatoms. The van der Waals surface area contributed by atoms with E-state index in [1.54, 1.807) is 12.1 Å². The topological polar surface area (TPSA) is 96.5 Å². The molecule has 0 spiro atoms. The molecule has 1 aromatic rings. The molecule has 20 heavy (non-hydrogen) atoms. The molecule has 0 saturated carbocycles. The lowest BCUT2D eigenvalue weighted by molar-refractivity contribution is -0.131. The van der Waals surface area contributed by atoms with Crippen molar-refractivity contribution in [2.24, 2.45) is 5.92 Å². The van der Waals surface area contributed by atoms with E-state index in [-0.39, 0.29) is 6.42 Å². The number of nitrogens with one attached hydrogen (secondary N) is 3. The second-order valence-corrected chi connectivity index (χ2v) is 4.49. The number of carbonyl (C=O) groups is 3. The van der Waals surface area contributed by atoms with Gasteiger partial charge in [0.05, 0.1) is 12.8 Å². The summed E-state index contributed by atoms with van der Waals surface area (Å²) in [5.41, 5.74) is 5.82. The molecule has 1 saturated heterocycles. The van der Waals surface area contributed by atoms with Crippen LogP contribution in [0.15, 0.2) is 18.2 Å². The molecule has 106 valence electrons. The van der Waals surface area contributed by atoms with Crippen molar-refractivity contribution in [1.82, 2.24) is 10.9 Å². The van der Waals surface area contributed by atoms with Gasteiger partial charge in [-0.25, -0.2) is 0 Å². The molecular formula is C13H15N3O4. The summed E-state index contributed by atoms with van der Waals surface area (Å²) in [6.07, 6.45) is -0.214. The van der Waals surface area contributed by atoms with Crippen molar-refractivity contribution >= 4 is 23.4 Å². The van der Waals surface area contributed by atoms with Crippen molar-refractivity contribution in [3.05, 3.63) is 23.8 Å². The minimum Gasteiger partial charge on any atom is -0.495 e. The zero-order valence-electron chi connectivity index (χ0n) is 11.1. The van der Waals surface area contributed by atoms with Crippen LogP contribution in [0.3, 0.4) is 0 Å². The first kappa shape index (κ1) is 13.9. The maximum Gasteiger partial charge on any atom is 0.251 e. The number of carbonyl (C=O) groups excluding carboxylic acids is 3. The van der Waals surface area contributed by atoms with Gasteiger partial charge in [-0.2, -0.15) is 0 Å². The van der Waals surface area contributed by atoms with Crippen molar-refractivity contribution in [2.45, 2.75) is 13.3 Å². The Labute approximate surface area is 115 Å². The Morgan fingerprint density at radius 1 is 1.30 bits per heavy atom. The highest BCUT2D eigenvalue weighted by Gasteiger charge is 2.34. The summed E-state index contributed by atoms with van der Waals surface area (Å²) in [6.45, 7) is 1.88. The lowest BCUT2D eigenvalue weighted by atomic mass is 10.1. The number of aryl methyl sites for hydroxylation is 1. The van der Waals surface area contributed by atoms with Gasteiger partial charge in [-0.05, 0) is 24.6 Å². The first-order chi connectivity index (χ1) is 9.51. The molecule has 1 fully saturated rings. The van der Waals surface area contributed by atoms with Crippen LogP contribution < -0.4 is 20.9 Å². The first-order valence-electron chi connectivity index (χ1n) is 6.05. The normalized spacial score (nSPS) is 14.7. The van der Waals surface area contributed by atoms with Crippen LogP contribution in [-0.4, -0.2) is 24.8 Å². The smallest absolute Gasteiger partial charge is 0.251 e. The van der Waals surface area contributed by atoms with Crippen molar-refractivity contribution < 1.29 is 19.1 Å². The maximum absolute atomic E-state index is 11.9. The minimum atomic E-state index is -0.995. The van der Waals surface area contributed by atoms with Crippen molar-refractivity contribution in [3.8, 4) is 5.75 Å². The van der Waals surface area contributed by atoms with Crippen molar-refractivity contribution in [2.75, 3.05) is 12.4 Å². The molecular weight excluding hydrogens is 262 g/mol. The van der Waals surface area contributed by atoms with Gasteiger partial charge in [0.1, 0.15) is 11.7 Å². The molecule has 1 aliphatic heterocycles. The van der Waals surface area contributed by atoms with Crippen LogP contribution in [0.2, 0.25) is 0 Å². The fourth-order valence-electron chi connectivity index (χ4n) is 1.91. The van der Waals surface area contributed by atoms with Gasteiger partial charge in [-0.3, -0.25) is 25.2 Å². The minimum absolute atomic E-state index is 0.214. The number of rotatable bonds is 4. The van der Waals surface area contributed by atoms with E-state index in [2.05, 4.69) is 16.2 Å². The van der Waals surface area contributed by atoms with Gasteiger partial charge in [0.15, 0.2) is 0 Å². The van der Waals surface area contributed by atoms with E-state index < -0.39 is 23.6 Å². The highest BCUT2D eigenvalue weighted by Crippen LogP contribution is 2.25. The van der Waals surface area contributed by atoms with E-state index in [0.717, 1.165) is 5.56 Å². The summed E-state index contributed by atoms with van der Waals surface area (Å²) in [7, 11) is 1.50. The summed E-state index contributed by atoms with van der Waals surface area (Å²) in [5.74, 6) is -1.90. The fourth-order valence-corrected chi connectivity index (χ4v) is 1.91. The quantitative estimate of drug-likeness (QED) is 0.680. The van der Waals surface area contributed by atoms with Crippen LogP contribution in [-0.2, 0) is 14.4 Å². The number of hydrogen-bond donors (Lipinski definition) is 3. The highest BCUT2D eigenvalue weighted by atomic mass is 16.5. The molecule has 3 amide bonds. The van der Waals surface area contributed by atoms with Crippen molar-refractivity contribution in [1.29, 1.82) is 0 Å². The lowest BCUT2D eigenvalue weighted by Gasteiger charge is -2.11. The van der Waals surface area contributed by atoms with Gasteiger partial charge in [0.2, 0.25) is 5.91 Å². The molecule has 0 aromatic heterocycles. The van der Waals surface area contributed by atoms with Gasteiger partial charge in [-0.15, -0.1) is 0 Å². The summed E-state index contributed by atoms with van der Waals surface area (Å²) in [6, 6.07) is 5.35. The average molecular weight is 277 g/mol.